The molecule has 0 aliphatic carbocycles. The van der Waals surface area contributed by atoms with Gasteiger partial charge in [-0.3, -0.25) is 0 Å². The first-order valence-corrected chi connectivity index (χ1v) is 8.09. The number of halogens is 6. The molecule has 4 nitrogen and oxygen atoms in total. The van der Waals surface area contributed by atoms with E-state index in [0.29, 0.717) is 35.3 Å². The molecular weight excluding hydrogens is 390 g/mol. The second-order valence-electron chi connectivity index (χ2n) is 6.03. The minimum atomic E-state index is -4.47. The van der Waals surface area contributed by atoms with E-state index in [1.54, 1.807) is 0 Å². The van der Waals surface area contributed by atoms with E-state index in [4.69, 9.17) is 20.9 Å². The summed E-state index contributed by atoms with van der Waals surface area (Å²) in [7, 11) is 0. The van der Waals surface area contributed by atoms with E-state index < -0.39 is 25.6 Å². The number of hydrogen-bond acceptors (Lipinski definition) is 4. The fourth-order valence-electron chi connectivity index (χ4n) is 2.38. The highest BCUT2D eigenvalue weighted by Crippen LogP contribution is 2.27. The Kier molecular flexibility index (Phi) is 6.52. The highest BCUT2D eigenvalue weighted by molar-refractivity contribution is 5.53. The Hall–Kier alpha value is -2.78. The van der Waals surface area contributed by atoms with Crippen molar-refractivity contribution in [2.75, 3.05) is 24.7 Å². The lowest BCUT2D eigenvalue weighted by molar-refractivity contribution is -0.154. The molecule has 0 saturated carbocycles. The first-order valence-electron chi connectivity index (χ1n) is 8.09. The van der Waals surface area contributed by atoms with Crippen molar-refractivity contribution in [2.24, 2.45) is 0 Å². The van der Waals surface area contributed by atoms with E-state index in [1.165, 1.54) is 36.4 Å². The van der Waals surface area contributed by atoms with Crippen LogP contribution in [0.2, 0.25) is 0 Å². The third kappa shape index (κ3) is 7.09. The molecule has 0 heterocycles. The smallest absolute Gasteiger partial charge is 0.422 e. The maximum Gasteiger partial charge on any atom is 0.422 e. The summed E-state index contributed by atoms with van der Waals surface area (Å²) in [6.07, 6.45) is -8.34. The Labute approximate surface area is 157 Å². The van der Waals surface area contributed by atoms with E-state index >= 15 is 0 Å². The van der Waals surface area contributed by atoms with E-state index in [0.717, 1.165) is 0 Å². The van der Waals surface area contributed by atoms with Crippen LogP contribution in [0.3, 0.4) is 0 Å². The molecular formula is C18H18F6N2O2. The van der Waals surface area contributed by atoms with Gasteiger partial charge in [0, 0.05) is 11.4 Å². The number of hydrogen-bond donors (Lipinski definition) is 2. The minimum absolute atomic E-state index is 0.0109. The number of rotatable bonds is 7. The Bertz CT molecular complexity index is 738. The second kappa shape index (κ2) is 8.49. The molecule has 0 spiro atoms. The molecule has 0 fully saturated rings. The van der Waals surface area contributed by atoms with Crippen LogP contribution in [0.5, 0.6) is 11.5 Å². The largest absolute Gasteiger partial charge is 0.484 e. The topological polar surface area (TPSA) is 70.5 Å². The maximum absolute atomic E-state index is 12.3. The molecule has 0 unspecified atom stereocenters. The van der Waals surface area contributed by atoms with Gasteiger partial charge in [-0.05, 0) is 60.4 Å². The summed E-state index contributed by atoms with van der Waals surface area (Å²) in [6.45, 7) is -2.86. The molecule has 2 aromatic carbocycles. The third-order valence-electron chi connectivity index (χ3n) is 3.70. The summed E-state index contributed by atoms with van der Waals surface area (Å²) in [5, 5.41) is 0. The Balaban J connectivity index is 2.06. The van der Waals surface area contributed by atoms with Crippen molar-refractivity contribution in [3.05, 3.63) is 47.5 Å². The van der Waals surface area contributed by atoms with Gasteiger partial charge in [0.1, 0.15) is 11.5 Å². The van der Waals surface area contributed by atoms with Crippen molar-refractivity contribution < 1.29 is 35.8 Å². The zero-order valence-corrected chi connectivity index (χ0v) is 14.5. The van der Waals surface area contributed by atoms with Crippen molar-refractivity contribution in [3.8, 4) is 11.5 Å². The summed E-state index contributed by atoms with van der Waals surface area (Å²) < 4.78 is 83.0. The van der Waals surface area contributed by atoms with Crippen LogP contribution in [0.25, 0.3) is 0 Å². The number of ether oxygens (including phenoxy) is 2. The summed E-state index contributed by atoms with van der Waals surface area (Å²) in [5.74, 6) is 0.0218. The normalized spacial score (nSPS) is 12.1. The van der Waals surface area contributed by atoms with Gasteiger partial charge in [0.05, 0.1) is 0 Å². The van der Waals surface area contributed by atoms with Crippen LogP contribution < -0.4 is 20.9 Å². The van der Waals surface area contributed by atoms with E-state index in [2.05, 4.69) is 0 Å². The van der Waals surface area contributed by atoms with E-state index in [9.17, 15) is 26.3 Å². The fourth-order valence-corrected chi connectivity index (χ4v) is 2.38. The van der Waals surface area contributed by atoms with Crippen LogP contribution in [0.4, 0.5) is 37.7 Å². The molecule has 4 N–H and O–H groups in total. The third-order valence-corrected chi connectivity index (χ3v) is 3.70. The summed E-state index contributed by atoms with van der Waals surface area (Å²) in [6, 6.07) is 8.28. The van der Waals surface area contributed by atoms with Gasteiger partial charge in [0.25, 0.3) is 0 Å². The number of nitrogen functional groups attached to an aromatic ring is 2. The summed E-state index contributed by atoms with van der Waals surface area (Å²) in [5.41, 5.74) is 13.4. The van der Waals surface area contributed by atoms with Crippen LogP contribution in [0, 0.1) is 0 Å². The van der Waals surface area contributed by atoms with Gasteiger partial charge in [-0.25, -0.2) is 0 Å². The molecule has 28 heavy (non-hydrogen) atoms. The molecule has 0 bridgehead atoms. The van der Waals surface area contributed by atoms with Gasteiger partial charge in [0.15, 0.2) is 13.2 Å². The number of nitrogens with two attached hydrogens (primary N) is 2. The van der Waals surface area contributed by atoms with Crippen LogP contribution in [-0.2, 0) is 12.8 Å². The molecule has 0 saturated heterocycles. The molecule has 10 heteroatoms. The van der Waals surface area contributed by atoms with Crippen molar-refractivity contribution in [3.63, 3.8) is 0 Å². The van der Waals surface area contributed by atoms with Crippen molar-refractivity contribution >= 4 is 11.4 Å². The predicted molar refractivity (Wildman–Crippen MR) is 92.2 cm³/mol. The number of anilines is 2. The standard InChI is InChI=1S/C18H18F6N2O2/c19-17(20,21)9-27-13-3-5-15(25)11(7-13)1-2-12-8-14(4-6-16(12)26)28-10-18(22,23)24/h3-8H,1-2,9-10,25-26H2. The number of alkyl halides is 6. The van der Waals surface area contributed by atoms with Crippen molar-refractivity contribution in [1.82, 2.24) is 0 Å². The molecule has 0 aromatic heterocycles. The molecule has 2 rings (SSSR count). The van der Waals surface area contributed by atoms with Gasteiger partial charge in [-0.15, -0.1) is 0 Å². The van der Waals surface area contributed by atoms with Gasteiger partial charge >= 0.3 is 12.4 Å². The number of benzene rings is 2. The van der Waals surface area contributed by atoms with Crippen LogP contribution in [0.15, 0.2) is 36.4 Å². The molecule has 0 aliphatic heterocycles. The first-order chi connectivity index (χ1) is 12.9. The summed E-state index contributed by atoms with van der Waals surface area (Å²) >= 11 is 0. The lowest BCUT2D eigenvalue weighted by Gasteiger charge is -2.14. The van der Waals surface area contributed by atoms with Crippen molar-refractivity contribution in [2.45, 2.75) is 25.2 Å². The lowest BCUT2D eigenvalue weighted by atomic mass is 10.0. The Morgan fingerprint density at radius 1 is 0.643 bits per heavy atom. The Morgan fingerprint density at radius 2 is 1.00 bits per heavy atom. The van der Waals surface area contributed by atoms with Crippen LogP contribution in [-0.4, -0.2) is 25.6 Å². The lowest BCUT2D eigenvalue weighted by Crippen LogP contribution is -2.19. The van der Waals surface area contributed by atoms with Gasteiger partial charge in [-0.2, -0.15) is 26.3 Å². The zero-order valence-electron chi connectivity index (χ0n) is 14.5. The second-order valence-corrected chi connectivity index (χ2v) is 6.03. The molecule has 0 aliphatic rings. The first kappa shape index (κ1) is 21.5. The summed E-state index contributed by atoms with van der Waals surface area (Å²) in [4.78, 5) is 0. The average molecular weight is 408 g/mol. The van der Waals surface area contributed by atoms with Gasteiger partial charge in [0.2, 0.25) is 0 Å². The van der Waals surface area contributed by atoms with Gasteiger partial charge in [-0.1, -0.05) is 0 Å². The van der Waals surface area contributed by atoms with Gasteiger partial charge < -0.3 is 20.9 Å². The van der Waals surface area contributed by atoms with E-state index in [1.807, 2.05) is 0 Å². The molecule has 154 valence electrons. The minimum Gasteiger partial charge on any atom is -0.484 e. The number of aryl methyl sites for hydroxylation is 2. The average Bonchev–Trinajstić information content (AvgIpc) is 2.58. The SMILES string of the molecule is Nc1ccc(OCC(F)(F)F)cc1CCc1cc(OCC(F)(F)F)ccc1N. The van der Waals surface area contributed by atoms with Crippen LogP contribution >= 0.6 is 0 Å². The highest BCUT2D eigenvalue weighted by atomic mass is 19.4. The predicted octanol–water partition coefficient (Wildman–Crippen LogP) is 4.52. The molecule has 2 aromatic rings. The zero-order chi connectivity index (χ0) is 20.9. The van der Waals surface area contributed by atoms with E-state index in [-0.39, 0.29) is 11.5 Å². The molecule has 0 radical (unpaired) electrons. The monoisotopic (exact) mass is 408 g/mol. The molecule has 0 amide bonds. The quantitative estimate of drug-likeness (QED) is 0.522. The molecule has 0 atom stereocenters. The Morgan fingerprint density at radius 3 is 1.32 bits per heavy atom. The highest BCUT2D eigenvalue weighted by Gasteiger charge is 2.29. The maximum atomic E-state index is 12.3. The fraction of sp³-hybridized carbons (Fsp3) is 0.333. The van der Waals surface area contributed by atoms with Crippen molar-refractivity contribution in [1.29, 1.82) is 0 Å². The van der Waals surface area contributed by atoms with Crippen LogP contribution in [0.1, 0.15) is 11.1 Å².